The van der Waals surface area contributed by atoms with Crippen LogP contribution in [0.25, 0.3) is 6.08 Å². The normalized spacial score (nSPS) is 10.3. The molecule has 4 heteroatoms. The van der Waals surface area contributed by atoms with Crippen LogP contribution >= 0.6 is 15.9 Å². The first-order valence-corrected chi connectivity index (χ1v) is 7.07. The fourth-order valence-corrected chi connectivity index (χ4v) is 1.95. The Labute approximate surface area is 131 Å². The van der Waals surface area contributed by atoms with Gasteiger partial charge in [0.05, 0.1) is 11.6 Å². The molecule has 0 N–H and O–H groups in total. The van der Waals surface area contributed by atoms with E-state index in [1.165, 1.54) is 6.08 Å². The highest BCUT2D eigenvalue weighted by Crippen LogP contribution is 2.12. The van der Waals surface area contributed by atoms with Crippen molar-refractivity contribution in [1.29, 1.82) is 5.26 Å². The number of esters is 1. The van der Waals surface area contributed by atoms with E-state index in [1.807, 2.05) is 30.3 Å². The lowest BCUT2D eigenvalue weighted by Crippen LogP contribution is -2.02. The number of hydrogen-bond donors (Lipinski definition) is 0. The molecular weight excluding hydrogens is 330 g/mol. The van der Waals surface area contributed by atoms with E-state index >= 15 is 0 Å². The molecule has 0 unspecified atom stereocenters. The van der Waals surface area contributed by atoms with Gasteiger partial charge in [0.15, 0.2) is 0 Å². The molecule has 0 aliphatic heterocycles. The van der Waals surface area contributed by atoms with E-state index in [-0.39, 0.29) is 6.61 Å². The predicted octanol–water partition coefficient (Wildman–Crippen LogP) is 4.08. The zero-order chi connectivity index (χ0) is 15.1. The van der Waals surface area contributed by atoms with Crippen molar-refractivity contribution in [3.8, 4) is 6.07 Å². The number of benzene rings is 2. The van der Waals surface area contributed by atoms with Gasteiger partial charge in [-0.1, -0.05) is 46.3 Å². The smallest absolute Gasteiger partial charge is 0.331 e. The maximum absolute atomic E-state index is 11.7. The van der Waals surface area contributed by atoms with Crippen LogP contribution in [-0.4, -0.2) is 5.97 Å². The van der Waals surface area contributed by atoms with E-state index in [2.05, 4.69) is 22.0 Å². The molecule has 2 aromatic carbocycles. The van der Waals surface area contributed by atoms with E-state index in [9.17, 15) is 4.79 Å². The van der Waals surface area contributed by atoms with Crippen LogP contribution in [0.15, 0.2) is 59.1 Å². The molecule has 0 amide bonds. The average Bonchev–Trinajstić information content (AvgIpc) is 2.52. The van der Waals surface area contributed by atoms with E-state index in [0.29, 0.717) is 11.1 Å². The summed E-state index contributed by atoms with van der Waals surface area (Å²) in [6.07, 6.45) is 3.06. The van der Waals surface area contributed by atoms with Gasteiger partial charge >= 0.3 is 5.97 Å². The maximum atomic E-state index is 11.7. The Balaban J connectivity index is 1.93. The summed E-state index contributed by atoms with van der Waals surface area (Å²) in [5, 5.41) is 8.95. The topological polar surface area (TPSA) is 50.1 Å². The van der Waals surface area contributed by atoms with Crippen LogP contribution in [-0.2, 0) is 16.1 Å². The van der Waals surface area contributed by atoms with Crippen LogP contribution in [0.2, 0.25) is 0 Å². The quantitative estimate of drug-likeness (QED) is 0.621. The van der Waals surface area contributed by atoms with Gasteiger partial charge in [0.1, 0.15) is 6.61 Å². The zero-order valence-corrected chi connectivity index (χ0v) is 12.7. The molecule has 0 fully saturated rings. The minimum Gasteiger partial charge on any atom is -0.458 e. The molecule has 0 saturated carbocycles. The molecule has 0 bridgehead atoms. The maximum Gasteiger partial charge on any atom is 0.331 e. The zero-order valence-electron chi connectivity index (χ0n) is 11.1. The summed E-state index contributed by atoms with van der Waals surface area (Å²) in [6.45, 7) is 0.0905. The molecule has 0 aliphatic rings. The molecule has 0 heterocycles. The van der Waals surface area contributed by atoms with Crippen molar-refractivity contribution in [3.05, 3.63) is 75.8 Å². The molecule has 21 heavy (non-hydrogen) atoms. The predicted molar refractivity (Wildman–Crippen MR) is 84.1 cm³/mol. The van der Waals surface area contributed by atoms with Crippen molar-refractivity contribution in [2.45, 2.75) is 6.61 Å². The Hall–Kier alpha value is -2.38. The number of hydrogen-bond acceptors (Lipinski definition) is 3. The standard InChI is InChI=1S/C17H12BrNO2/c18-16-8-5-13(6-9-16)7-10-17(20)21-12-15-4-2-1-3-14(15)11-19/h1-10H,12H2/b10-7+. The molecule has 3 nitrogen and oxygen atoms in total. The summed E-state index contributed by atoms with van der Waals surface area (Å²) in [7, 11) is 0. The second-order valence-electron chi connectivity index (χ2n) is 4.26. The second-order valence-corrected chi connectivity index (χ2v) is 5.18. The third-order valence-electron chi connectivity index (χ3n) is 2.79. The van der Waals surface area contributed by atoms with Gasteiger partial charge in [0, 0.05) is 16.1 Å². The Morgan fingerprint density at radius 3 is 2.62 bits per heavy atom. The third-order valence-corrected chi connectivity index (χ3v) is 3.32. The van der Waals surface area contributed by atoms with Gasteiger partial charge in [-0.05, 0) is 29.8 Å². The Bertz CT molecular complexity index is 699. The van der Waals surface area contributed by atoms with Gasteiger partial charge in [-0.25, -0.2) is 4.79 Å². The molecule has 0 radical (unpaired) electrons. The summed E-state index contributed by atoms with van der Waals surface area (Å²) in [5.41, 5.74) is 2.13. The van der Waals surface area contributed by atoms with Gasteiger partial charge in [0.2, 0.25) is 0 Å². The number of carbonyl (C=O) groups is 1. The van der Waals surface area contributed by atoms with Crippen molar-refractivity contribution in [1.82, 2.24) is 0 Å². The van der Waals surface area contributed by atoms with Crippen molar-refractivity contribution < 1.29 is 9.53 Å². The molecule has 2 rings (SSSR count). The number of ether oxygens (including phenoxy) is 1. The van der Waals surface area contributed by atoms with Crippen molar-refractivity contribution >= 4 is 28.0 Å². The lowest BCUT2D eigenvalue weighted by atomic mass is 10.1. The monoisotopic (exact) mass is 341 g/mol. The fourth-order valence-electron chi connectivity index (χ4n) is 1.69. The van der Waals surface area contributed by atoms with Crippen LogP contribution in [0.4, 0.5) is 0 Å². The molecule has 0 aromatic heterocycles. The molecule has 0 spiro atoms. The fraction of sp³-hybridized carbons (Fsp3) is 0.0588. The first kappa shape index (κ1) is 15.0. The summed E-state index contributed by atoms with van der Waals surface area (Å²) in [6, 6.07) is 16.7. The van der Waals surface area contributed by atoms with Crippen molar-refractivity contribution in [2.75, 3.05) is 0 Å². The SMILES string of the molecule is N#Cc1ccccc1COC(=O)/C=C/c1ccc(Br)cc1. The molecule has 0 atom stereocenters. The van der Waals surface area contributed by atoms with Crippen LogP contribution in [0.5, 0.6) is 0 Å². The third kappa shape index (κ3) is 4.59. The highest BCUT2D eigenvalue weighted by molar-refractivity contribution is 9.10. The van der Waals surface area contributed by atoms with E-state index in [0.717, 1.165) is 10.0 Å². The van der Waals surface area contributed by atoms with Crippen molar-refractivity contribution in [2.24, 2.45) is 0 Å². The lowest BCUT2D eigenvalue weighted by Gasteiger charge is -2.03. The van der Waals surface area contributed by atoms with Crippen LogP contribution in [0, 0.1) is 11.3 Å². The van der Waals surface area contributed by atoms with Gasteiger partial charge in [-0.2, -0.15) is 5.26 Å². The van der Waals surface area contributed by atoms with Gasteiger partial charge in [0.25, 0.3) is 0 Å². The van der Waals surface area contributed by atoms with Crippen molar-refractivity contribution in [3.63, 3.8) is 0 Å². The molecule has 0 aliphatic carbocycles. The number of nitrogens with zero attached hydrogens (tertiary/aromatic N) is 1. The number of halogens is 1. The first-order chi connectivity index (χ1) is 10.2. The second kappa shape index (κ2) is 7.41. The van der Waals surface area contributed by atoms with Crippen LogP contribution < -0.4 is 0 Å². The summed E-state index contributed by atoms with van der Waals surface area (Å²) in [4.78, 5) is 11.7. The Kier molecular flexibility index (Phi) is 5.30. The Morgan fingerprint density at radius 1 is 1.19 bits per heavy atom. The number of carbonyl (C=O) groups excluding carboxylic acids is 1. The molecule has 2 aromatic rings. The van der Waals surface area contributed by atoms with E-state index in [1.54, 1.807) is 24.3 Å². The molecule has 104 valence electrons. The minimum absolute atomic E-state index is 0.0905. The van der Waals surface area contributed by atoms with Crippen LogP contribution in [0.1, 0.15) is 16.7 Å². The van der Waals surface area contributed by atoms with Crippen LogP contribution in [0.3, 0.4) is 0 Å². The van der Waals surface area contributed by atoms with Gasteiger partial charge < -0.3 is 4.74 Å². The Morgan fingerprint density at radius 2 is 1.90 bits per heavy atom. The largest absolute Gasteiger partial charge is 0.458 e. The number of nitriles is 1. The van der Waals surface area contributed by atoms with E-state index < -0.39 is 5.97 Å². The highest BCUT2D eigenvalue weighted by Gasteiger charge is 2.03. The first-order valence-electron chi connectivity index (χ1n) is 6.27. The summed E-state index contributed by atoms with van der Waals surface area (Å²) >= 11 is 3.35. The minimum atomic E-state index is -0.439. The summed E-state index contributed by atoms with van der Waals surface area (Å²) < 4.78 is 6.11. The lowest BCUT2D eigenvalue weighted by molar-refractivity contribution is -0.138. The number of rotatable bonds is 4. The molecule has 0 saturated heterocycles. The van der Waals surface area contributed by atoms with Gasteiger partial charge in [-0.15, -0.1) is 0 Å². The highest BCUT2D eigenvalue weighted by atomic mass is 79.9. The van der Waals surface area contributed by atoms with Gasteiger partial charge in [-0.3, -0.25) is 0 Å². The molecular formula is C17H12BrNO2. The average molecular weight is 342 g/mol. The summed E-state index contributed by atoms with van der Waals surface area (Å²) in [5.74, 6) is -0.439. The van der Waals surface area contributed by atoms with E-state index in [4.69, 9.17) is 10.00 Å².